The average Bonchev–Trinajstić information content (AvgIpc) is 2.37. The molecule has 4 nitrogen and oxygen atoms in total. The van der Waals surface area contributed by atoms with E-state index in [4.69, 9.17) is 0 Å². The molecule has 2 heterocycles. The largest absolute Gasteiger partial charge is 0.353 e. The number of H-pyrrole nitrogens is 1. The van der Waals surface area contributed by atoms with Crippen molar-refractivity contribution in [2.45, 2.75) is 5.03 Å². The quantitative estimate of drug-likeness (QED) is 0.620. The van der Waals surface area contributed by atoms with Crippen LogP contribution in [-0.2, 0) is 9.73 Å². The zero-order valence-electron chi connectivity index (χ0n) is 5.83. The Hall–Kier alpha value is -1.10. The number of hydrogen-bond donors (Lipinski definition) is 1. The number of nitrogens with one attached hydrogen (secondary N) is 1. The van der Waals surface area contributed by atoms with Gasteiger partial charge in [0.1, 0.15) is 5.03 Å². The van der Waals surface area contributed by atoms with E-state index in [-0.39, 0.29) is 5.91 Å². The lowest BCUT2D eigenvalue weighted by atomic mass is 10.3. The molecule has 0 aliphatic carbocycles. The van der Waals surface area contributed by atoms with Crippen LogP contribution in [0.1, 0.15) is 10.4 Å². The van der Waals surface area contributed by atoms with Gasteiger partial charge in [0.15, 0.2) is 0 Å². The fourth-order valence-electron chi connectivity index (χ4n) is 1.09. The molecule has 2 rings (SSSR count). The summed E-state index contributed by atoms with van der Waals surface area (Å²) in [5.41, 5.74) is 0.442. The van der Waals surface area contributed by atoms with Crippen LogP contribution in [0.15, 0.2) is 21.7 Å². The Kier molecular flexibility index (Phi) is 1.04. The number of carbonyl (C=O) groups is 1. The molecule has 1 aromatic rings. The van der Waals surface area contributed by atoms with Crippen LogP contribution in [0.4, 0.5) is 0 Å². The van der Waals surface area contributed by atoms with E-state index in [0.717, 1.165) is 0 Å². The Morgan fingerprint density at radius 3 is 3.00 bits per heavy atom. The van der Waals surface area contributed by atoms with Crippen molar-refractivity contribution in [2.75, 3.05) is 6.26 Å². The van der Waals surface area contributed by atoms with Crippen LogP contribution >= 0.6 is 0 Å². The molecule has 11 heavy (non-hydrogen) atoms. The molecule has 58 valence electrons. The van der Waals surface area contributed by atoms with Crippen LogP contribution in [-0.4, -0.2) is 21.4 Å². The minimum Gasteiger partial charge on any atom is -0.353 e. The van der Waals surface area contributed by atoms with Crippen molar-refractivity contribution in [3.8, 4) is 0 Å². The number of aromatic amines is 1. The van der Waals surface area contributed by atoms with Gasteiger partial charge in [-0.1, -0.05) is 0 Å². The van der Waals surface area contributed by atoms with Crippen LogP contribution in [0.25, 0.3) is 0 Å². The summed E-state index contributed by atoms with van der Waals surface area (Å²) in [4.78, 5) is 13.7. The van der Waals surface area contributed by atoms with Gasteiger partial charge in [-0.15, -0.1) is 0 Å². The molecule has 5 heteroatoms. The molecule has 1 aliphatic rings. The number of aromatic nitrogens is 1. The highest BCUT2D eigenvalue weighted by Crippen LogP contribution is 2.23. The van der Waals surface area contributed by atoms with Gasteiger partial charge in [-0.3, -0.25) is 4.79 Å². The maximum atomic E-state index is 11.5. The minimum atomic E-state index is -2.44. The van der Waals surface area contributed by atoms with E-state index >= 15 is 0 Å². The van der Waals surface area contributed by atoms with Gasteiger partial charge in [-0.05, 0) is 6.07 Å². The van der Waals surface area contributed by atoms with Gasteiger partial charge < -0.3 is 4.98 Å². The maximum Gasteiger partial charge on any atom is 0.288 e. The van der Waals surface area contributed by atoms with E-state index < -0.39 is 9.73 Å². The second-order valence-corrected chi connectivity index (χ2v) is 4.62. The molecule has 0 saturated carbocycles. The van der Waals surface area contributed by atoms with Gasteiger partial charge in [0.05, 0.1) is 15.3 Å². The lowest BCUT2D eigenvalue weighted by Crippen LogP contribution is -1.93. The standard InChI is InChI=1S/C6H6N2O2S/c1-11(10)6-4(2-3-7-6)5(9)8-11/h2-3,7H,1H3. The summed E-state index contributed by atoms with van der Waals surface area (Å²) in [6, 6.07) is 1.59. The van der Waals surface area contributed by atoms with Crippen molar-refractivity contribution in [1.29, 1.82) is 0 Å². The van der Waals surface area contributed by atoms with E-state index in [9.17, 15) is 9.00 Å². The lowest BCUT2D eigenvalue weighted by molar-refractivity contribution is 0.101. The third-order valence-corrected chi connectivity index (χ3v) is 3.18. The van der Waals surface area contributed by atoms with Crippen LogP contribution in [0, 0.1) is 0 Å². The number of hydrogen-bond acceptors (Lipinski definition) is 2. The Labute approximate surface area is 63.8 Å². The molecule has 1 amide bonds. The third kappa shape index (κ3) is 0.742. The fourth-order valence-corrected chi connectivity index (χ4v) is 2.45. The Morgan fingerprint density at radius 2 is 2.36 bits per heavy atom. The van der Waals surface area contributed by atoms with Crippen molar-refractivity contribution >= 4 is 15.6 Å². The van der Waals surface area contributed by atoms with Crippen LogP contribution in [0.3, 0.4) is 0 Å². The zero-order valence-corrected chi connectivity index (χ0v) is 6.64. The first kappa shape index (κ1) is 6.60. The topological polar surface area (TPSA) is 62.3 Å². The number of carbonyl (C=O) groups excluding carboxylic acids is 1. The number of nitrogens with zero attached hydrogens (tertiary/aromatic N) is 1. The van der Waals surface area contributed by atoms with E-state index in [0.29, 0.717) is 10.6 Å². The van der Waals surface area contributed by atoms with Crippen LogP contribution < -0.4 is 0 Å². The summed E-state index contributed by atoms with van der Waals surface area (Å²) in [5.74, 6) is -0.381. The predicted octanol–water partition coefficient (Wildman–Crippen LogP) is 0.625. The molecule has 0 fully saturated rings. The zero-order chi connectivity index (χ0) is 8.06. The van der Waals surface area contributed by atoms with Gasteiger partial charge in [0, 0.05) is 12.5 Å². The highest BCUT2D eigenvalue weighted by Gasteiger charge is 2.26. The molecule has 0 spiro atoms. The van der Waals surface area contributed by atoms with Crippen LogP contribution in [0.5, 0.6) is 0 Å². The van der Waals surface area contributed by atoms with Gasteiger partial charge in [-0.25, -0.2) is 4.21 Å². The van der Waals surface area contributed by atoms with E-state index in [1.165, 1.54) is 6.26 Å². The Bertz CT molecular complexity index is 437. The molecule has 1 aromatic heterocycles. The highest BCUT2D eigenvalue weighted by atomic mass is 32.2. The second kappa shape index (κ2) is 1.73. The summed E-state index contributed by atoms with van der Waals surface area (Å²) >= 11 is 0. The molecule has 0 radical (unpaired) electrons. The summed E-state index contributed by atoms with van der Waals surface area (Å²) in [6.07, 6.45) is 3.05. The molecule has 1 atom stereocenters. The fraction of sp³-hybridized carbons (Fsp3) is 0.167. The first-order valence-corrected chi connectivity index (χ1v) is 4.97. The second-order valence-electron chi connectivity index (χ2n) is 2.42. The molecule has 1 aliphatic heterocycles. The molecular weight excluding hydrogens is 164 g/mol. The van der Waals surface area contributed by atoms with Gasteiger partial charge in [0.25, 0.3) is 5.91 Å². The first-order chi connectivity index (χ1) is 5.11. The first-order valence-electron chi connectivity index (χ1n) is 3.05. The molecule has 0 saturated heterocycles. The Morgan fingerprint density at radius 1 is 1.64 bits per heavy atom. The van der Waals surface area contributed by atoms with Crippen LogP contribution in [0.2, 0.25) is 0 Å². The summed E-state index contributed by atoms with van der Waals surface area (Å²) in [5, 5.41) is 0.461. The number of rotatable bonds is 0. The number of fused-ring (bicyclic) bond motifs is 1. The molecule has 0 bridgehead atoms. The van der Waals surface area contributed by atoms with E-state index in [1.54, 1.807) is 12.3 Å². The van der Waals surface area contributed by atoms with E-state index in [2.05, 4.69) is 9.35 Å². The normalized spacial score (nSPS) is 28.3. The van der Waals surface area contributed by atoms with Crippen molar-refractivity contribution in [1.82, 2.24) is 4.98 Å². The predicted molar refractivity (Wildman–Crippen MR) is 39.9 cm³/mol. The smallest absolute Gasteiger partial charge is 0.288 e. The van der Waals surface area contributed by atoms with Crippen molar-refractivity contribution in [3.63, 3.8) is 0 Å². The van der Waals surface area contributed by atoms with Gasteiger partial charge in [0.2, 0.25) is 0 Å². The average molecular weight is 170 g/mol. The summed E-state index contributed by atoms with van der Waals surface area (Å²) in [7, 11) is -2.44. The SMILES string of the molecule is CS1(=O)=NC(=O)c2cc[nH]c21. The number of amides is 1. The van der Waals surface area contributed by atoms with Gasteiger partial charge in [-0.2, -0.15) is 4.36 Å². The Balaban J connectivity index is 2.89. The molecular formula is C6H6N2O2S. The third-order valence-electron chi connectivity index (χ3n) is 1.58. The molecule has 0 aromatic carbocycles. The monoisotopic (exact) mass is 170 g/mol. The summed E-state index contributed by atoms with van der Waals surface area (Å²) < 4.78 is 15.0. The van der Waals surface area contributed by atoms with Gasteiger partial charge >= 0.3 is 0 Å². The highest BCUT2D eigenvalue weighted by molar-refractivity contribution is 7.93. The van der Waals surface area contributed by atoms with Crippen molar-refractivity contribution in [2.24, 2.45) is 4.36 Å². The van der Waals surface area contributed by atoms with Crippen molar-refractivity contribution in [3.05, 3.63) is 17.8 Å². The molecule has 1 N–H and O–H groups in total. The lowest BCUT2D eigenvalue weighted by Gasteiger charge is -1.90. The minimum absolute atomic E-state index is 0.381. The summed E-state index contributed by atoms with van der Waals surface area (Å²) in [6.45, 7) is 0. The van der Waals surface area contributed by atoms with Crippen molar-refractivity contribution < 1.29 is 9.00 Å². The molecule has 1 unspecified atom stereocenters. The maximum absolute atomic E-state index is 11.5. The van der Waals surface area contributed by atoms with E-state index in [1.807, 2.05) is 0 Å².